The number of nitrogens with zero attached hydrogens (tertiary/aromatic N) is 1. The Balaban J connectivity index is 1.72. The average Bonchev–Trinajstić information content (AvgIpc) is 2.75. The van der Waals surface area contributed by atoms with Crippen molar-refractivity contribution >= 4 is 0 Å². The number of hydrogen-bond acceptors (Lipinski definition) is 4. The van der Waals surface area contributed by atoms with E-state index in [1.165, 1.54) is 6.42 Å². The van der Waals surface area contributed by atoms with Crippen molar-refractivity contribution in [1.29, 1.82) is 0 Å². The fourth-order valence-corrected chi connectivity index (χ4v) is 2.52. The molecule has 0 aromatic carbocycles. The minimum atomic E-state index is 0.276. The van der Waals surface area contributed by atoms with E-state index in [-0.39, 0.29) is 5.54 Å². The second-order valence-electron chi connectivity index (χ2n) is 5.25. The standard InChI is InChI=1S/C12H25N3O/c1-3-15-6-7-16-11(9-15)8-14-12(2)4-5-13-10-12/h11,13-14H,3-10H2,1-2H3. The summed E-state index contributed by atoms with van der Waals surface area (Å²) in [7, 11) is 0. The van der Waals surface area contributed by atoms with Gasteiger partial charge in [0.15, 0.2) is 0 Å². The Morgan fingerprint density at radius 3 is 3.12 bits per heavy atom. The first kappa shape index (κ1) is 12.3. The molecular weight excluding hydrogens is 202 g/mol. The molecule has 0 bridgehead atoms. The van der Waals surface area contributed by atoms with Crippen molar-refractivity contribution in [3.8, 4) is 0 Å². The molecular formula is C12H25N3O. The van der Waals surface area contributed by atoms with Gasteiger partial charge in [0.2, 0.25) is 0 Å². The lowest BCUT2D eigenvalue weighted by Crippen LogP contribution is -2.52. The summed E-state index contributed by atoms with van der Waals surface area (Å²) >= 11 is 0. The van der Waals surface area contributed by atoms with Gasteiger partial charge in [0.1, 0.15) is 0 Å². The van der Waals surface area contributed by atoms with Crippen molar-refractivity contribution < 1.29 is 4.74 Å². The SMILES string of the molecule is CCN1CCOC(CNC2(C)CCNC2)C1. The van der Waals surface area contributed by atoms with Crippen LogP contribution in [0.2, 0.25) is 0 Å². The zero-order valence-electron chi connectivity index (χ0n) is 10.6. The molecule has 2 unspecified atom stereocenters. The Hall–Kier alpha value is -0.160. The average molecular weight is 227 g/mol. The third-order valence-corrected chi connectivity index (χ3v) is 3.80. The highest BCUT2D eigenvalue weighted by Gasteiger charge is 2.29. The molecule has 0 aromatic rings. The molecule has 4 nitrogen and oxygen atoms in total. The first-order valence-electron chi connectivity index (χ1n) is 6.51. The summed E-state index contributed by atoms with van der Waals surface area (Å²) < 4.78 is 5.79. The molecule has 0 spiro atoms. The number of ether oxygens (including phenoxy) is 1. The van der Waals surface area contributed by atoms with Crippen LogP contribution in [0.1, 0.15) is 20.3 Å². The molecule has 2 saturated heterocycles. The Morgan fingerprint density at radius 2 is 2.44 bits per heavy atom. The third-order valence-electron chi connectivity index (χ3n) is 3.80. The molecule has 2 aliphatic heterocycles. The summed E-state index contributed by atoms with van der Waals surface area (Å²) in [4.78, 5) is 2.46. The predicted molar refractivity (Wildman–Crippen MR) is 65.7 cm³/mol. The van der Waals surface area contributed by atoms with E-state index in [4.69, 9.17) is 4.74 Å². The summed E-state index contributed by atoms with van der Waals surface area (Å²) in [6.07, 6.45) is 1.59. The molecule has 0 amide bonds. The minimum absolute atomic E-state index is 0.276. The normalized spacial score (nSPS) is 36.8. The molecule has 0 aromatic heterocycles. The summed E-state index contributed by atoms with van der Waals surface area (Å²) in [5.41, 5.74) is 0.276. The predicted octanol–water partition coefficient (Wildman–Crippen LogP) is 0.0487. The second-order valence-corrected chi connectivity index (χ2v) is 5.25. The van der Waals surface area contributed by atoms with Crippen molar-refractivity contribution in [2.24, 2.45) is 0 Å². The molecule has 4 heteroatoms. The van der Waals surface area contributed by atoms with Gasteiger partial charge in [-0.25, -0.2) is 0 Å². The van der Waals surface area contributed by atoms with E-state index in [2.05, 4.69) is 29.4 Å². The number of rotatable bonds is 4. The van der Waals surface area contributed by atoms with Crippen LogP contribution in [-0.4, -0.2) is 62.4 Å². The molecule has 2 heterocycles. The van der Waals surface area contributed by atoms with Gasteiger partial charge in [-0.3, -0.25) is 4.90 Å². The van der Waals surface area contributed by atoms with Crippen molar-refractivity contribution in [1.82, 2.24) is 15.5 Å². The molecule has 94 valence electrons. The molecule has 0 radical (unpaired) electrons. The molecule has 2 atom stereocenters. The van der Waals surface area contributed by atoms with Crippen LogP contribution in [0.5, 0.6) is 0 Å². The quantitative estimate of drug-likeness (QED) is 0.711. The van der Waals surface area contributed by atoms with Gasteiger partial charge in [-0.2, -0.15) is 0 Å². The smallest absolute Gasteiger partial charge is 0.0826 e. The van der Waals surface area contributed by atoms with Crippen molar-refractivity contribution in [3.05, 3.63) is 0 Å². The Labute approximate surface area is 98.7 Å². The molecule has 2 fully saturated rings. The zero-order chi connectivity index (χ0) is 11.4. The lowest BCUT2D eigenvalue weighted by atomic mass is 10.0. The van der Waals surface area contributed by atoms with Crippen LogP contribution >= 0.6 is 0 Å². The van der Waals surface area contributed by atoms with Gasteiger partial charge in [0.25, 0.3) is 0 Å². The molecule has 0 aliphatic carbocycles. The first-order chi connectivity index (χ1) is 7.72. The summed E-state index contributed by atoms with van der Waals surface area (Å²) in [5.74, 6) is 0. The van der Waals surface area contributed by atoms with Gasteiger partial charge < -0.3 is 15.4 Å². The van der Waals surface area contributed by atoms with E-state index >= 15 is 0 Å². The van der Waals surface area contributed by atoms with E-state index in [1.54, 1.807) is 0 Å². The third kappa shape index (κ3) is 3.17. The largest absolute Gasteiger partial charge is 0.374 e. The maximum atomic E-state index is 5.79. The monoisotopic (exact) mass is 227 g/mol. The van der Waals surface area contributed by atoms with E-state index in [0.717, 1.165) is 45.9 Å². The summed E-state index contributed by atoms with van der Waals surface area (Å²) in [6.45, 7) is 11.9. The van der Waals surface area contributed by atoms with Crippen molar-refractivity contribution in [2.45, 2.75) is 31.9 Å². The lowest BCUT2D eigenvalue weighted by Gasteiger charge is -2.34. The summed E-state index contributed by atoms with van der Waals surface area (Å²) in [5, 5.41) is 7.06. The van der Waals surface area contributed by atoms with Crippen LogP contribution in [0.15, 0.2) is 0 Å². The number of hydrogen-bond donors (Lipinski definition) is 2. The van der Waals surface area contributed by atoms with Gasteiger partial charge in [-0.05, 0) is 26.4 Å². The highest BCUT2D eigenvalue weighted by atomic mass is 16.5. The van der Waals surface area contributed by atoms with Gasteiger partial charge in [0.05, 0.1) is 12.7 Å². The number of likely N-dealkylation sites (N-methyl/N-ethyl adjacent to an activating group) is 1. The zero-order valence-corrected chi connectivity index (χ0v) is 10.6. The highest BCUT2D eigenvalue weighted by molar-refractivity contribution is 4.92. The van der Waals surface area contributed by atoms with Gasteiger partial charge in [-0.15, -0.1) is 0 Å². The van der Waals surface area contributed by atoms with Crippen LogP contribution in [0, 0.1) is 0 Å². The van der Waals surface area contributed by atoms with Crippen LogP contribution in [0.25, 0.3) is 0 Å². The lowest BCUT2D eigenvalue weighted by molar-refractivity contribution is -0.0279. The molecule has 16 heavy (non-hydrogen) atoms. The summed E-state index contributed by atoms with van der Waals surface area (Å²) in [6, 6.07) is 0. The van der Waals surface area contributed by atoms with Crippen LogP contribution < -0.4 is 10.6 Å². The molecule has 2 aliphatic rings. The number of morpholine rings is 1. The minimum Gasteiger partial charge on any atom is -0.374 e. The van der Waals surface area contributed by atoms with Crippen LogP contribution in [-0.2, 0) is 4.74 Å². The first-order valence-corrected chi connectivity index (χ1v) is 6.51. The van der Waals surface area contributed by atoms with Crippen molar-refractivity contribution in [2.75, 3.05) is 45.9 Å². The van der Waals surface area contributed by atoms with Crippen LogP contribution in [0.4, 0.5) is 0 Å². The van der Waals surface area contributed by atoms with Gasteiger partial charge >= 0.3 is 0 Å². The van der Waals surface area contributed by atoms with Crippen molar-refractivity contribution in [3.63, 3.8) is 0 Å². The molecule has 0 saturated carbocycles. The molecule has 2 rings (SSSR count). The van der Waals surface area contributed by atoms with E-state index in [9.17, 15) is 0 Å². The number of nitrogens with one attached hydrogen (secondary N) is 2. The second kappa shape index (κ2) is 5.45. The molecule has 2 N–H and O–H groups in total. The Morgan fingerprint density at radius 1 is 1.56 bits per heavy atom. The Kier molecular flexibility index (Phi) is 4.19. The Bertz CT molecular complexity index is 216. The van der Waals surface area contributed by atoms with E-state index in [0.29, 0.717) is 6.10 Å². The fourth-order valence-electron chi connectivity index (χ4n) is 2.52. The van der Waals surface area contributed by atoms with E-state index < -0.39 is 0 Å². The van der Waals surface area contributed by atoms with Gasteiger partial charge in [-0.1, -0.05) is 6.92 Å². The van der Waals surface area contributed by atoms with Crippen LogP contribution in [0.3, 0.4) is 0 Å². The fraction of sp³-hybridized carbons (Fsp3) is 1.00. The van der Waals surface area contributed by atoms with Gasteiger partial charge in [0, 0.05) is 31.7 Å². The highest BCUT2D eigenvalue weighted by Crippen LogP contribution is 2.14. The maximum absolute atomic E-state index is 5.79. The maximum Gasteiger partial charge on any atom is 0.0826 e. The van der Waals surface area contributed by atoms with E-state index in [1.807, 2.05) is 0 Å². The topological polar surface area (TPSA) is 36.5 Å².